The molecule has 2 unspecified atom stereocenters. The van der Waals surface area contributed by atoms with Gasteiger partial charge in [-0.05, 0) is 0 Å². The number of hydrogen-bond donors (Lipinski definition) is 0. The first kappa shape index (κ1) is 48.9. The predicted molar refractivity (Wildman–Crippen MR) is 145 cm³/mol. The van der Waals surface area contributed by atoms with Crippen molar-refractivity contribution in [2.75, 3.05) is 13.2 Å². The summed E-state index contributed by atoms with van der Waals surface area (Å²) in [6.07, 6.45) is 0. The Balaban J connectivity index is -0.000000101. The van der Waals surface area contributed by atoms with Crippen LogP contribution in [0.4, 0.5) is 0 Å². The third-order valence-electron chi connectivity index (χ3n) is 5.02. The van der Waals surface area contributed by atoms with Crippen molar-refractivity contribution >= 4 is 147 Å². The fraction of sp³-hybridized carbons (Fsp3) is 1.00. The van der Waals surface area contributed by atoms with Gasteiger partial charge in [0.2, 0.25) is 0 Å². The Hall–Kier alpha value is 4.93. The topological polar surface area (TPSA) is 36.9 Å². The van der Waals surface area contributed by atoms with Crippen LogP contribution in [0, 0.1) is 17.8 Å². The normalized spacial score (nSPS) is 13.5. The summed E-state index contributed by atoms with van der Waals surface area (Å²) in [5.41, 5.74) is -0.0258. The van der Waals surface area contributed by atoms with Crippen LogP contribution in [0.5, 0.6) is 0 Å². The average molecular weight is 1120 g/mol. The second-order valence-electron chi connectivity index (χ2n) is 7.46. The van der Waals surface area contributed by atoms with Crippen molar-refractivity contribution in [1.29, 1.82) is 0 Å². The van der Waals surface area contributed by atoms with Crippen LogP contribution in [0.25, 0.3) is 0 Å². The Bertz CT molecular complexity index is 316. The first-order valence-corrected chi connectivity index (χ1v) is 23.1. The summed E-state index contributed by atoms with van der Waals surface area (Å²) in [6.45, 7) is 21.8. The van der Waals surface area contributed by atoms with E-state index in [0.717, 1.165) is 13.2 Å². The van der Waals surface area contributed by atoms with Crippen LogP contribution in [0.3, 0.4) is 0 Å². The van der Waals surface area contributed by atoms with Gasteiger partial charge in [0.25, 0.3) is 0 Å². The smallest absolute Gasteiger partial charge is 0 e. The van der Waals surface area contributed by atoms with Gasteiger partial charge in [-0.1, -0.05) is 0 Å². The third-order valence-corrected chi connectivity index (χ3v) is 11.0. The molecule has 4 nitrogen and oxygen atoms in total. The maximum atomic E-state index is 6.03. The minimum atomic E-state index is -0.245. The molecule has 0 aliphatic carbocycles. The monoisotopic (exact) mass is 1130 g/mol. The van der Waals surface area contributed by atoms with E-state index in [1.807, 2.05) is 13.8 Å². The zero-order valence-corrected chi connectivity index (χ0v) is 38.2. The molecule has 2 atom stereocenters. The largest absolute Gasteiger partial charge is 0 e. The van der Waals surface area contributed by atoms with Gasteiger partial charge in [-0.15, -0.1) is 0 Å². The molecule has 0 rings (SSSR count). The Morgan fingerprint density at radius 1 is 0.677 bits per heavy atom. The van der Waals surface area contributed by atoms with E-state index in [-0.39, 0.29) is 158 Å². The zero-order valence-electron chi connectivity index (χ0n) is 21.9. The average Bonchev–Trinajstić information content (AvgIpc) is 2.62. The summed E-state index contributed by atoms with van der Waals surface area (Å²) in [5, 5.41) is 0. The molecular weight excluding hydrogens is 1080 g/mol. The van der Waals surface area contributed by atoms with Gasteiger partial charge in [0, 0.05) is 71.0 Å². The van der Waals surface area contributed by atoms with Crippen molar-refractivity contribution in [3.8, 4) is 0 Å². The molecule has 0 saturated heterocycles. The fourth-order valence-electron chi connectivity index (χ4n) is 2.67. The van der Waals surface area contributed by atoms with E-state index in [1.165, 1.54) is 0 Å². The van der Waals surface area contributed by atoms with Crippen molar-refractivity contribution in [1.82, 2.24) is 0 Å². The van der Waals surface area contributed by atoms with Gasteiger partial charge in [-0.25, -0.2) is 0 Å². The van der Waals surface area contributed by atoms with Crippen LogP contribution in [-0.4, -0.2) is 171 Å². The summed E-state index contributed by atoms with van der Waals surface area (Å²) < 4.78 is 22.0. The zero-order chi connectivity index (χ0) is 22.8. The minimum absolute atomic E-state index is 0. The second kappa shape index (κ2) is 31.2. The Morgan fingerprint density at radius 3 is 1.06 bits per heavy atom. The standard InChI is InChI=1S/C14H30Ge2O2.2C2H5O.2CH3.2Sb.3Te/c1-10(11(2)13(4,5)17-15-8)12(3)14(6,7)18-16-9;2*1-2-3;;;;;;;/h10-12H,1-9H3;2*2H2,1H3;2*1H3;;;;;/q;2*-1;;;2*+1;;;. The van der Waals surface area contributed by atoms with E-state index in [4.69, 9.17) is 13.6 Å². The van der Waals surface area contributed by atoms with Gasteiger partial charge >= 0.3 is 215 Å². The van der Waals surface area contributed by atoms with Gasteiger partial charge in [0.05, 0.1) is 0 Å². The van der Waals surface area contributed by atoms with Gasteiger partial charge in [-0.3, -0.25) is 0 Å². The minimum Gasteiger partial charge on any atom is 0 e. The molecule has 0 aliphatic rings. The number of rotatable bonds is 12. The first-order valence-electron chi connectivity index (χ1n) is 10.0. The molecule has 0 bridgehead atoms. The van der Waals surface area contributed by atoms with Gasteiger partial charge in [-0.2, -0.15) is 0 Å². The molecule has 0 aliphatic heterocycles. The second-order valence-corrected chi connectivity index (χ2v) is 13.6. The van der Waals surface area contributed by atoms with Crippen molar-refractivity contribution in [2.45, 2.75) is 94.8 Å². The number of hydrogen-bond acceptors (Lipinski definition) is 4. The molecule has 0 heterocycles. The van der Waals surface area contributed by atoms with Gasteiger partial charge < -0.3 is 0 Å². The summed E-state index contributed by atoms with van der Waals surface area (Å²) in [6, 6.07) is 0. The molecule has 0 fully saturated rings. The van der Waals surface area contributed by atoms with Gasteiger partial charge in [0.1, 0.15) is 0 Å². The Labute approximate surface area is 281 Å². The molecule has 186 valence electrons. The van der Waals surface area contributed by atoms with Crippen LogP contribution in [0.2, 0.25) is 21.3 Å². The van der Waals surface area contributed by atoms with Crippen molar-refractivity contribution < 1.29 is 13.6 Å². The molecule has 11 heteroatoms. The van der Waals surface area contributed by atoms with Gasteiger partial charge in [0.15, 0.2) is 0 Å². The van der Waals surface area contributed by atoms with E-state index in [2.05, 4.69) is 69.7 Å². The summed E-state index contributed by atoms with van der Waals surface area (Å²) in [5.74, 6) is 6.05. The molecule has 0 amide bonds. The van der Waals surface area contributed by atoms with E-state index in [9.17, 15) is 0 Å². The third kappa shape index (κ3) is 27.8. The summed E-state index contributed by atoms with van der Waals surface area (Å²) in [7, 11) is 0. The molecule has 0 N–H and O–H groups in total. The Kier molecular flexibility index (Phi) is 49.2. The van der Waals surface area contributed by atoms with E-state index in [1.54, 1.807) is 0 Å². The quantitative estimate of drug-likeness (QED) is 0.277. The van der Waals surface area contributed by atoms with Crippen LogP contribution in [-0.2, 0) is 13.6 Å². The van der Waals surface area contributed by atoms with Crippen LogP contribution >= 0.6 is 0 Å². The molecule has 0 saturated carbocycles. The first-order chi connectivity index (χ1) is 12.9. The predicted octanol–water partition coefficient (Wildman–Crippen LogP) is 4.06. The van der Waals surface area contributed by atoms with Crippen LogP contribution in [0.1, 0.15) is 62.3 Å². The van der Waals surface area contributed by atoms with Crippen molar-refractivity contribution in [3.05, 3.63) is 0 Å². The van der Waals surface area contributed by atoms with E-state index >= 15 is 0 Å². The van der Waals surface area contributed by atoms with Crippen molar-refractivity contribution in [2.24, 2.45) is 17.8 Å². The summed E-state index contributed by atoms with van der Waals surface area (Å²) >= 11 is -0.810. The molecule has 0 aromatic heterocycles. The molecule has 0 spiro atoms. The van der Waals surface area contributed by atoms with E-state index in [0.29, 0.717) is 17.8 Å². The molecule has 0 aromatic carbocycles. The molecule has 12 radical (unpaired) electrons. The fourth-order valence-corrected chi connectivity index (χ4v) is 7.13. The Morgan fingerprint density at radius 2 is 0.935 bits per heavy atom. The molecule has 31 heavy (non-hydrogen) atoms. The van der Waals surface area contributed by atoms with E-state index < -0.39 is 0 Å². The van der Waals surface area contributed by atoms with Crippen molar-refractivity contribution in [3.63, 3.8) is 0 Å². The maximum absolute atomic E-state index is 6.03. The molecular formula is C20H46Ge2O4Sb2Te3. The van der Waals surface area contributed by atoms with Crippen LogP contribution < -0.4 is 0 Å². The maximum Gasteiger partial charge on any atom is 0 e. The van der Waals surface area contributed by atoms with Crippen LogP contribution in [0.15, 0.2) is 0 Å². The molecule has 0 aromatic rings. The summed E-state index contributed by atoms with van der Waals surface area (Å²) in [4.78, 5) is 4.28. The SMILES string of the molecule is CC[O][Sb][CH3].CC[O][Sb][CH3].[CH3][Ge][O]C(C)(C)C(C)C(C)C(C)C(C)(C)[O][Ge][CH3].[Te].[Te].[Te].